The van der Waals surface area contributed by atoms with E-state index in [-0.39, 0.29) is 11.9 Å². The lowest BCUT2D eigenvalue weighted by Gasteiger charge is -2.18. The average molecular weight is 295 g/mol. The molecule has 0 spiro atoms. The minimum absolute atomic E-state index is 0.246. The molecule has 1 saturated heterocycles. The number of pyridine rings is 1. The summed E-state index contributed by atoms with van der Waals surface area (Å²) < 4.78 is 0. The molecule has 1 N–H and O–H groups in total. The van der Waals surface area contributed by atoms with Gasteiger partial charge in [0.2, 0.25) is 0 Å². The molecule has 2 heterocycles. The van der Waals surface area contributed by atoms with Crippen molar-refractivity contribution in [1.29, 1.82) is 0 Å². The molecule has 1 aliphatic rings. The molecule has 0 saturated carbocycles. The fraction of sp³-hybridized carbons (Fsp3) is 0.235. The van der Waals surface area contributed by atoms with Crippen LogP contribution in [0.25, 0.3) is 11.1 Å². The fourth-order valence-electron chi connectivity index (χ4n) is 2.53. The summed E-state index contributed by atoms with van der Waals surface area (Å²) in [5.74, 6) is -0.246. The molecule has 0 unspecified atom stereocenters. The van der Waals surface area contributed by atoms with E-state index in [1.165, 1.54) is 4.90 Å². The third-order valence-corrected chi connectivity index (χ3v) is 3.81. The number of aryl methyl sites for hydroxylation is 1. The zero-order chi connectivity index (χ0) is 15.9. The Morgan fingerprint density at radius 2 is 1.91 bits per heavy atom. The first-order valence-corrected chi connectivity index (χ1v) is 7.08. The van der Waals surface area contributed by atoms with Crippen molar-refractivity contribution in [3.63, 3.8) is 0 Å². The Morgan fingerprint density at radius 3 is 2.50 bits per heavy atom. The number of benzene rings is 1. The highest BCUT2D eigenvalue weighted by Gasteiger charge is 2.45. The van der Waals surface area contributed by atoms with Crippen LogP contribution in [0, 0.1) is 6.92 Å². The van der Waals surface area contributed by atoms with Crippen LogP contribution < -0.4 is 10.2 Å². The zero-order valence-electron chi connectivity index (χ0n) is 12.8. The van der Waals surface area contributed by atoms with Crippen LogP contribution >= 0.6 is 0 Å². The summed E-state index contributed by atoms with van der Waals surface area (Å²) >= 11 is 0. The van der Waals surface area contributed by atoms with Gasteiger partial charge in [-0.1, -0.05) is 18.2 Å². The van der Waals surface area contributed by atoms with Crippen molar-refractivity contribution < 1.29 is 9.59 Å². The largest absolute Gasteiger partial charge is 0.329 e. The van der Waals surface area contributed by atoms with E-state index in [1.54, 1.807) is 26.2 Å². The van der Waals surface area contributed by atoms with Crippen LogP contribution in [0.1, 0.15) is 19.4 Å². The van der Waals surface area contributed by atoms with E-state index in [1.807, 2.05) is 37.3 Å². The highest BCUT2D eigenvalue weighted by Crippen LogP contribution is 2.31. The van der Waals surface area contributed by atoms with Gasteiger partial charge in [0.25, 0.3) is 5.91 Å². The second-order valence-electron chi connectivity index (χ2n) is 5.94. The molecule has 1 aromatic carbocycles. The van der Waals surface area contributed by atoms with Gasteiger partial charge in [-0.25, -0.2) is 9.69 Å². The molecular formula is C17H17N3O2. The molecule has 3 amide bonds. The minimum Gasteiger partial charge on any atom is -0.323 e. The summed E-state index contributed by atoms with van der Waals surface area (Å²) in [4.78, 5) is 30.0. The van der Waals surface area contributed by atoms with Crippen molar-refractivity contribution in [1.82, 2.24) is 10.3 Å². The smallest absolute Gasteiger partial charge is 0.323 e. The Morgan fingerprint density at radius 1 is 1.14 bits per heavy atom. The number of aromatic nitrogens is 1. The minimum atomic E-state index is -0.881. The van der Waals surface area contributed by atoms with Gasteiger partial charge in [0.1, 0.15) is 5.54 Å². The quantitative estimate of drug-likeness (QED) is 0.867. The first-order valence-electron chi connectivity index (χ1n) is 7.08. The predicted octanol–water partition coefficient (Wildman–Crippen LogP) is 2.89. The van der Waals surface area contributed by atoms with Gasteiger partial charge >= 0.3 is 6.03 Å². The van der Waals surface area contributed by atoms with Crippen LogP contribution in [0.3, 0.4) is 0 Å². The van der Waals surface area contributed by atoms with E-state index in [0.29, 0.717) is 5.69 Å². The number of nitrogens with one attached hydrogen (secondary N) is 1. The van der Waals surface area contributed by atoms with Crippen molar-refractivity contribution in [3.05, 3.63) is 48.3 Å². The molecule has 5 heteroatoms. The van der Waals surface area contributed by atoms with Crippen molar-refractivity contribution in [3.8, 4) is 11.1 Å². The Bertz CT molecular complexity index is 754. The molecule has 0 bridgehead atoms. The van der Waals surface area contributed by atoms with Gasteiger partial charge in [-0.3, -0.25) is 9.78 Å². The van der Waals surface area contributed by atoms with E-state index in [9.17, 15) is 9.59 Å². The van der Waals surface area contributed by atoms with Crippen molar-refractivity contribution >= 4 is 17.6 Å². The lowest BCUT2D eigenvalue weighted by atomic mass is 10.0. The lowest BCUT2D eigenvalue weighted by molar-refractivity contribution is -0.121. The Balaban J connectivity index is 2.08. The number of urea groups is 1. The van der Waals surface area contributed by atoms with Crippen LogP contribution in [0.15, 0.2) is 42.7 Å². The Hall–Kier alpha value is -2.69. The van der Waals surface area contributed by atoms with E-state index >= 15 is 0 Å². The number of carbonyl (C=O) groups is 2. The first kappa shape index (κ1) is 14.3. The molecule has 22 heavy (non-hydrogen) atoms. The van der Waals surface area contributed by atoms with E-state index in [4.69, 9.17) is 0 Å². The molecule has 0 radical (unpaired) electrons. The van der Waals surface area contributed by atoms with Crippen molar-refractivity contribution in [2.24, 2.45) is 0 Å². The SMILES string of the molecule is Cc1ccc(-c2cccnc2)cc1N1C(=O)NC(C)(C)C1=O. The van der Waals surface area contributed by atoms with Gasteiger partial charge in [-0.15, -0.1) is 0 Å². The van der Waals surface area contributed by atoms with Crippen LogP contribution in [0.4, 0.5) is 10.5 Å². The van der Waals surface area contributed by atoms with E-state index < -0.39 is 5.54 Å². The molecular weight excluding hydrogens is 278 g/mol. The number of anilines is 1. The second kappa shape index (κ2) is 4.94. The summed E-state index contributed by atoms with van der Waals surface area (Å²) in [6.07, 6.45) is 3.46. The average Bonchev–Trinajstić information content (AvgIpc) is 2.69. The third kappa shape index (κ3) is 2.24. The monoisotopic (exact) mass is 295 g/mol. The van der Waals surface area contributed by atoms with Crippen LogP contribution in [-0.2, 0) is 4.79 Å². The molecule has 112 valence electrons. The van der Waals surface area contributed by atoms with Crippen molar-refractivity contribution in [2.45, 2.75) is 26.3 Å². The molecule has 2 aromatic rings. The number of rotatable bonds is 2. The standard InChI is InChI=1S/C17H17N3O2/c1-11-6-7-12(13-5-4-8-18-10-13)9-14(11)20-15(21)17(2,3)19-16(20)22/h4-10H,1-3H3,(H,19,22). The molecule has 1 aromatic heterocycles. The third-order valence-electron chi connectivity index (χ3n) is 3.81. The molecule has 0 aliphatic carbocycles. The normalized spacial score (nSPS) is 16.8. The first-order chi connectivity index (χ1) is 10.4. The Labute approximate surface area is 129 Å². The fourth-order valence-corrected chi connectivity index (χ4v) is 2.53. The van der Waals surface area contributed by atoms with Gasteiger partial charge in [0, 0.05) is 18.0 Å². The van der Waals surface area contributed by atoms with Gasteiger partial charge in [0.15, 0.2) is 0 Å². The second-order valence-corrected chi connectivity index (χ2v) is 5.94. The number of carbonyl (C=O) groups excluding carboxylic acids is 2. The summed E-state index contributed by atoms with van der Waals surface area (Å²) in [6, 6.07) is 9.12. The maximum absolute atomic E-state index is 12.5. The molecule has 1 fully saturated rings. The number of nitrogens with zero attached hydrogens (tertiary/aromatic N) is 2. The predicted molar refractivity (Wildman–Crippen MR) is 84.5 cm³/mol. The summed E-state index contributed by atoms with van der Waals surface area (Å²) in [6.45, 7) is 5.29. The maximum atomic E-state index is 12.5. The van der Waals surface area contributed by atoms with Gasteiger partial charge in [-0.2, -0.15) is 0 Å². The van der Waals surface area contributed by atoms with Gasteiger partial charge in [0.05, 0.1) is 5.69 Å². The van der Waals surface area contributed by atoms with Crippen molar-refractivity contribution in [2.75, 3.05) is 4.90 Å². The Kier molecular flexibility index (Phi) is 3.20. The summed E-state index contributed by atoms with van der Waals surface area (Å²) in [7, 11) is 0. The molecule has 0 atom stereocenters. The number of hydrogen-bond acceptors (Lipinski definition) is 3. The molecule has 3 rings (SSSR count). The van der Waals surface area contributed by atoms with Crippen LogP contribution in [0.2, 0.25) is 0 Å². The summed E-state index contributed by atoms with van der Waals surface area (Å²) in [5, 5.41) is 2.70. The highest BCUT2D eigenvalue weighted by atomic mass is 16.2. The van der Waals surface area contributed by atoms with Crippen LogP contribution in [0.5, 0.6) is 0 Å². The highest BCUT2D eigenvalue weighted by molar-refractivity contribution is 6.23. The lowest BCUT2D eigenvalue weighted by Crippen LogP contribution is -2.40. The topological polar surface area (TPSA) is 62.3 Å². The molecule has 5 nitrogen and oxygen atoms in total. The zero-order valence-corrected chi connectivity index (χ0v) is 12.8. The number of amides is 3. The number of hydrogen-bond donors (Lipinski definition) is 1. The van der Waals surface area contributed by atoms with E-state index in [0.717, 1.165) is 16.7 Å². The number of imide groups is 1. The van der Waals surface area contributed by atoms with Gasteiger partial charge < -0.3 is 5.32 Å². The molecule has 1 aliphatic heterocycles. The van der Waals surface area contributed by atoms with Gasteiger partial charge in [-0.05, 0) is 44.0 Å². The summed E-state index contributed by atoms with van der Waals surface area (Å²) in [5.41, 5.74) is 2.45. The van der Waals surface area contributed by atoms with E-state index in [2.05, 4.69) is 10.3 Å². The van der Waals surface area contributed by atoms with Crippen LogP contribution in [-0.4, -0.2) is 22.5 Å². The maximum Gasteiger partial charge on any atom is 0.329 e.